The zero-order chi connectivity index (χ0) is 21.8. The molecule has 1 aliphatic heterocycles. The number of aliphatic imine (C=N–C) groups is 1. The van der Waals surface area contributed by atoms with Gasteiger partial charge >= 0.3 is 0 Å². The molecule has 0 N–H and O–H groups in total. The zero-order valence-electron chi connectivity index (χ0n) is 17.5. The average Bonchev–Trinajstić information content (AvgIpc) is 3.27. The fourth-order valence-electron chi connectivity index (χ4n) is 3.57. The Morgan fingerprint density at radius 3 is 2.68 bits per heavy atom. The van der Waals surface area contributed by atoms with E-state index >= 15 is 0 Å². The van der Waals surface area contributed by atoms with E-state index in [9.17, 15) is 9.18 Å². The van der Waals surface area contributed by atoms with Gasteiger partial charge < -0.3 is 9.30 Å². The highest BCUT2D eigenvalue weighted by atomic mass is 32.2. The number of benzene rings is 2. The number of nitrogens with zero attached hydrogens (tertiary/aromatic N) is 3. The largest absolute Gasteiger partial charge is 0.489 e. The standard InChI is InChI=1S/C24H24FN3O2S/c1-3-26-24-28(4-2)23(29)22(31-24)15-17-16-27(20-11-7-5-9-18(17)20)13-14-30-21-12-8-6-10-19(21)25/h5-12,15-16H,3-4,13-14H2,1-2H3/b22-15-,26-24?. The van der Waals surface area contributed by atoms with Crippen molar-refractivity contribution in [2.45, 2.75) is 20.4 Å². The van der Waals surface area contributed by atoms with Gasteiger partial charge in [0.15, 0.2) is 16.7 Å². The molecule has 5 nitrogen and oxygen atoms in total. The van der Waals surface area contributed by atoms with Gasteiger partial charge in [-0.25, -0.2) is 4.39 Å². The summed E-state index contributed by atoms with van der Waals surface area (Å²) in [6, 6.07) is 14.4. The highest BCUT2D eigenvalue weighted by molar-refractivity contribution is 8.18. The van der Waals surface area contributed by atoms with E-state index in [4.69, 9.17) is 4.74 Å². The van der Waals surface area contributed by atoms with E-state index in [1.807, 2.05) is 50.4 Å². The van der Waals surface area contributed by atoms with E-state index in [1.165, 1.54) is 17.8 Å². The lowest BCUT2D eigenvalue weighted by Crippen LogP contribution is -2.28. The molecule has 0 atom stereocenters. The first-order valence-corrected chi connectivity index (χ1v) is 11.1. The fourth-order valence-corrected chi connectivity index (χ4v) is 4.67. The van der Waals surface area contributed by atoms with E-state index in [2.05, 4.69) is 9.56 Å². The number of likely N-dealkylation sites (N-methyl/N-ethyl adjacent to an activating group) is 1. The van der Waals surface area contributed by atoms with Gasteiger partial charge in [-0.15, -0.1) is 0 Å². The molecule has 0 spiro atoms. The maximum Gasteiger partial charge on any atom is 0.266 e. The van der Waals surface area contributed by atoms with Crippen molar-refractivity contribution in [1.82, 2.24) is 9.47 Å². The van der Waals surface area contributed by atoms with E-state index in [0.717, 1.165) is 21.6 Å². The van der Waals surface area contributed by atoms with Gasteiger partial charge in [-0.05, 0) is 49.9 Å². The van der Waals surface area contributed by atoms with Crippen molar-refractivity contribution in [2.75, 3.05) is 19.7 Å². The number of rotatable bonds is 7. The van der Waals surface area contributed by atoms with Crippen molar-refractivity contribution in [3.63, 3.8) is 0 Å². The molecule has 160 valence electrons. The van der Waals surface area contributed by atoms with Gasteiger partial charge in [0.25, 0.3) is 5.91 Å². The summed E-state index contributed by atoms with van der Waals surface area (Å²) in [4.78, 5) is 19.7. The molecule has 0 saturated carbocycles. The molecule has 0 bridgehead atoms. The summed E-state index contributed by atoms with van der Waals surface area (Å²) >= 11 is 1.42. The number of thioether (sulfide) groups is 1. The van der Waals surface area contributed by atoms with E-state index < -0.39 is 0 Å². The molecule has 1 saturated heterocycles. The second-order valence-corrected chi connectivity index (χ2v) is 8.00. The van der Waals surface area contributed by atoms with Crippen LogP contribution >= 0.6 is 11.8 Å². The van der Waals surface area contributed by atoms with Crippen molar-refractivity contribution in [2.24, 2.45) is 4.99 Å². The minimum absolute atomic E-state index is 0.0144. The van der Waals surface area contributed by atoms with Crippen molar-refractivity contribution < 1.29 is 13.9 Å². The molecule has 2 heterocycles. The van der Waals surface area contributed by atoms with E-state index in [0.29, 0.717) is 31.1 Å². The molecular formula is C24H24FN3O2S. The van der Waals surface area contributed by atoms with Crippen LogP contribution < -0.4 is 4.74 Å². The summed E-state index contributed by atoms with van der Waals surface area (Å²) in [7, 11) is 0. The van der Waals surface area contributed by atoms with Gasteiger partial charge in [-0.3, -0.25) is 14.7 Å². The predicted molar refractivity (Wildman–Crippen MR) is 125 cm³/mol. The molecule has 0 aliphatic carbocycles. The Labute approximate surface area is 185 Å². The third-order valence-corrected chi connectivity index (χ3v) is 6.07. The molecule has 0 radical (unpaired) electrons. The van der Waals surface area contributed by atoms with Crippen LogP contribution in [0.15, 0.2) is 64.6 Å². The van der Waals surface area contributed by atoms with Crippen LogP contribution in [0, 0.1) is 5.82 Å². The average molecular weight is 438 g/mol. The van der Waals surface area contributed by atoms with Crippen molar-refractivity contribution in [3.8, 4) is 5.75 Å². The Bertz CT molecular complexity index is 1170. The van der Waals surface area contributed by atoms with Gasteiger partial charge in [-0.1, -0.05) is 30.3 Å². The number of hydrogen-bond acceptors (Lipinski definition) is 4. The summed E-state index contributed by atoms with van der Waals surface area (Å²) in [5, 5.41) is 1.81. The summed E-state index contributed by atoms with van der Waals surface area (Å²) in [5.74, 6) is -0.136. The molecule has 1 aliphatic rings. The predicted octanol–water partition coefficient (Wildman–Crippen LogP) is 5.17. The van der Waals surface area contributed by atoms with Gasteiger partial charge in [-0.2, -0.15) is 0 Å². The Hall–Kier alpha value is -3.06. The zero-order valence-corrected chi connectivity index (χ0v) is 18.4. The number of aromatic nitrogens is 1. The van der Waals surface area contributed by atoms with Gasteiger partial charge in [0.1, 0.15) is 6.61 Å². The second kappa shape index (κ2) is 9.39. The highest BCUT2D eigenvalue weighted by Crippen LogP contribution is 2.34. The molecule has 1 aromatic heterocycles. The summed E-state index contributed by atoms with van der Waals surface area (Å²) < 4.78 is 21.5. The third kappa shape index (κ3) is 4.37. The minimum atomic E-state index is -0.368. The Morgan fingerprint density at radius 2 is 1.90 bits per heavy atom. The van der Waals surface area contributed by atoms with Crippen LogP contribution in [-0.2, 0) is 11.3 Å². The van der Waals surface area contributed by atoms with E-state index in [1.54, 1.807) is 23.1 Å². The molecule has 7 heteroatoms. The number of carbonyl (C=O) groups is 1. The minimum Gasteiger partial charge on any atom is -0.489 e. The van der Waals surface area contributed by atoms with Crippen molar-refractivity contribution >= 4 is 39.8 Å². The van der Waals surface area contributed by atoms with Crippen LogP contribution in [0.4, 0.5) is 4.39 Å². The molecule has 3 aromatic rings. The van der Waals surface area contributed by atoms with Crippen LogP contribution in [0.2, 0.25) is 0 Å². The lowest BCUT2D eigenvalue weighted by Gasteiger charge is -2.11. The number of ether oxygens (including phenoxy) is 1. The topological polar surface area (TPSA) is 46.8 Å². The van der Waals surface area contributed by atoms with Crippen LogP contribution in [0.25, 0.3) is 17.0 Å². The molecule has 31 heavy (non-hydrogen) atoms. The molecule has 1 amide bonds. The Balaban J connectivity index is 1.60. The fraction of sp³-hybridized carbons (Fsp3) is 0.250. The molecule has 2 aromatic carbocycles. The molecule has 4 rings (SSSR count). The van der Waals surface area contributed by atoms with E-state index in [-0.39, 0.29) is 17.5 Å². The number of amidine groups is 1. The van der Waals surface area contributed by atoms with Crippen LogP contribution in [0.5, 0.6) is 5.75 Å². The smallest absolute Gasteiger partial charge is 0.266 e. The van der Waals surface area contributed by atoms with Crippen LogP contribution in [0.1, 0.15) is 19.4 Å². The maximum absolute atomic E-state index is 13.8. The SMILES string of the molecule is CCN=C1S/C(=C\c2cn(CCOc3ccccc3F)c3ccccc23)C(=O)N1CC. The highest BCUT2D eigenvalue weighted by Gasteiger charge is 2.32. The quantitative estimate of drug-likeness (QED) is 0.479. The van der Waals surface area contributed by atoms with Crippen LogP contribution in [0.3, 0.4) is 0 Å². The summed E-state index contributed by atoms with van der Waals surface area (Å²) in [6.45, 7) is 6.04. The summed E-state index contributed by atoms with van der Waals surface area (Å²) in [5.41, 5.74) is 2.00. The first kappa shape index (κ1) is 21.2. The molecule has 1 fully saturated rings. The maximum atomic E-state index is 13.8. The number of fused-ring (bicyclic) bond motifs is 1. The Morgan fingerprint density at radius 1 is 1.13 bits per heavy atom. The monoisotopic (exact) mass is 437 g/mol. The van der Waals surface area contributed by atoms with Gasteiger partial charge in [0.2, 0.25) is 0 Å². The van der Waals surface area contributed by atoms with Gasteiger partial charge in [0.05, 0.1) is 11.4 Å². The van der Waals surface area contributed by atoms with Crippen molar-refractivity contribution in [1.29, 1.82) is 0 Å². The normalized spacial score (nSPS) is 16.7. The number of hydrogen-bond donors (Lipinski definition) is 0. The van der Waals surface area contributed by atoms with Gasteiger partial charge in [0, 0.05) is 35.8 Å². The number of halogens is 1. The number of amides is 1. The summed E-state index contributed by atoms with van der Waals surface area (Å²) in [6.07, 6.45) is 3.95. The van der Waals surface area contributed by atoms with Crippen LogP contribution in [-0.4, -0.2) is 40.2 Å². The molecular weight excluding hydrogens is 413 g/mol. The Kier molecular flexibility index (Phi) is 6.42. The number of para-hydroxylation sites is 2. The lowest BCUT2D eigenvalue weighted by atomic mass is 10.1. The van der Waals surface area contributed by atoms with Crippen molar-refractivity contribution in [3.05, 3.63) is 71.0 Å². The first-order chi connectivity index (χ1) is 15.1. The molecule has 0 unspecified atom stereocenters. The second-order valence-electron chi connectivity index (χ2n) is 6.99. The third-order valence-electron chi connectivity index (χ3n) is 5.03. The lowest BCUT2D eigenvalue weighted by molar-refractivity contribution is -0.122. The first-order valence-electron chi connectivity index (χ1n) is 10.3. The number of carbonyl (C=O) groups excluding carboxylic acids is 1.